The lowest BCUT2D eigenvalue weighted by Crippen LogP contribution is -2.54. The van der Waals surface area contributed by atoms with Gasteiger partial charge in [0, 0.05) is 11.1 Å². The second-order valence-electron chi connectivity index (χ2n) is 22.2. The number of alkyl halides is 12. The first kappa shape index (κ1) is 75.8. The van der Waals surface area contributed by atoms with Crippen molar-refractivity contribution in [1.29, 1.82) is 0 Å². The molecule has 0 heterocycles. The van der Waals surface area contributed by atoms with Crippen molar-refractivity contribution in [2.75, 3.05) is 0 Å². The van der Waals surface area contributed by atoms with E-state index < -0.39 is 256 Å². The van der Waals surface area contributed by atoms with Crippen molar-refractivity contribution in [2.45, 2.75) is 120 Å². The highest BCUT2D eigenvalue weighted by atomic mass is 19.4. The third-order valence-electron chi connectivity index (χ3n) is 16.9. The number of ether oxygens (including phenoxy) is 4. The Bertz CT molecular complexity index is 4220. The maximum atomic E-state index is 16.3. The van der Waals surface area contributed by atoms with Gasteiger partial charge in [-0.25, -0.2) is 43.9 Å². The first-order valence-electron chi connectivity index (χ1n) is 28.7. The van der Waals surface area contributed by atoms with E-state index in [-0.39, 0.29) is 67.1 Å². The SMILES string of the molecule is CCCC(CC)(Oc1c(F)c(F)c(-c2c(F)c(F)c(Oc3ccc(C(c4ccc(OC(CC)(CC)c5c(F)c(F)c(C)c(F)c5F)cc4)(C(F)(F)F)C(F)(F)F)cc3)c(F)c2F)c(F)c1F)c1ccc(C(c2ccc(Oc3c(F)c(F)c(C)c(F)c3F)cc2)(C(F)(F)F)C(F)(F)F)cc1. The predicted molar refractivity (Wildman–Crippen MR) is 296 cm³/mol. The molecule has 8 rings (SSSR count). The molecule has 0 amide bonds. The van der Waals surface area contributed by atoms with E-state index in [1.165, 1.54) is 20.8 Å². The van der Waals surface area contributed by atoms with Gasteiger partial charge in [0.25, 0.3) is 0 Å². The minimum atomic E-state index is -6.40. The molecule has 0 aliphatic heterocycles. The highest BCUT2D eigenvalue weighted by Gasteiger charge is 2.74. The van der Waals surface area contributed by atoms with Crippen LogP contribution in [-0.4, -0.2) is 24.7 Å². The van der Waals surface area contributed by atoms with Gasteiger partial charge in [-0.15, -0.1) is 0 Å². The third-order valence-corrected chi connectivity index (χ3v) is 16.9. The summed E-state index contributed by atoms with van der Waals surface area (Å²) in [6.07, 6.45) is -28.0. The lowest BCUT2D eigenvalue weighted by atomic mass is 9.72. The van der Waals surface area contributed by atoms with E-state index >= 15 is 96.6 Å². The van der Waals surface area contributed by atoms with E-state index in [0.717, 1.165) is 6.92 Å². The molecular formula is C67H44F28O4. The zero-order valence-electron chi connectivity index (χ0n) is 51.0. The average Bonchev–Trinajstić information content (AvgIpc) is 0.720. The molecule has 1 atom stereocenters. The molecule has 8 aromatic rings. The molecule has 0 fully saturated rings. The largest absolute Gasteiger partial charge is 0.482 e. The van der Waals surface area contributed by atoms with E-state index in [2.05, 4.69) is 0 Å². The minimum absolute atomic E-state index is 0.000639. The lowest BCUT2D eigenvalue weighted by molar-refractivity contribution is -0.290. The number of rotatable bonds is 20. The Morgan fingerprint density at radius 3 is 0.808 bits per heavy atom. The fourth-order valence-electron chi connectivity index (χ4n) is 11.7. The van der Waals surface area contributed by atoms with Gasteiger partial charge >= 0.3 is 24.7 Å². The van der Waals surface area contributed by atoms with Gasteiger partial charge in [-0.1, -0.05) is 94.8 Å². The van der Waals surface area contributed by atoms with Crippen LogP contribution in [0.25, 0.3) is 11.1 Å². The number of benzene rings is 8. The molecule has 0 radical (unpaired) electrons. The van der Waals surface area contributed by atoms with E-state index in [1.807, 2.05) is 0 Å². The molecular weight excluding hydrogens is 1400 g/mol. The van der Waals surface area contributed by atoms with E-state index in [0.29, 0.717) is 50.2 Å². The summed E-state index contributed by atoms with van der Waals surface area (Å²) in [5.41, 5.74) is -31.0. The van der Waals surface area contributed by atoms with Crippen molar-refractivity contribution >= 4 is 0 Å². The molecule has 0 aromatic heterocycles. The Kier molecular flexibility index (Phi) is 20.6. The topological polar surface area (TPSA) is 36.9 Å². The Morgan fingerprint density at radius 1 is 0.273 bits per heavy atom. The summed E-state index contributed by atoms with van der Waals surface area (Å²) in [5, 5.41) is 0. The van der Waals surface area contributed by atoms with Crippen LogP contribution in [0.1, 0.15) is 104 Å². The van der Waals surface area contributed by atoms with Gasteiger partial charge in [-0.3, -0.25) is 0 Å². The lowest BCUT2D eigenvalue weighted by Gasteiger charge is -2.39. The van der Waals surface area contributed by atoms with Crippen molar-refractivity contribution in [3.05, 3.63) is 235 Å². The van der Waals surface area contributed by atoms with Crippen molar-refractivity contribution in [1.82, 2.24) is 0 Å². The molecule has 99 heavy (non-hydrogen) atoms. The highest BCUT2D eigenvalue weighted by molar-refractivity contribution is 5.70. The van der Waals surface area contributed by atoms with Crippen molar-refractivity contribution in [3.63, 3.8) is 0 Å². The number of hydrogen-bond donors (Lipinski definition) is 0. The normalized spacial score (nSPS) is 13.4. The first-order valence-corrected chi connectivity index (χ1v) is 28.7. The van der Waals surface area contributed by atoms with Crippen LogP contribution >= 0.6 is 0 Å². The Morgan fingerprint density at radius 2 is 0.525 bits per heavy atom. The van der Waals surface area contributed by atoms with Gasteiger partial charge in [0.05, 0.1) is 16.7 Å². The van der Waals surface area contributed by atoms with Gasteiger partial charge in [-0.05, 0) is 104 Å². The van der Waals surface area contributed by atoms with Crippen molar-refractivity contribution in [3.8, 4) is 45.6 Å². The molecule has 0 aliphatic rings. The minimum Gasteiger partial charge on any atom is -0.482 e. The van der Waals surface area contributed by atoms with Crippen LogP contribution in [0.3, 0.4) is 0 Å². The molecule has 4 nitrogen and oxygen atoms in total. The van der Waals surface area contributed by atoms with Gasteiger partial charge in [0.15, 0.2) is 63.9 Å². The van der Waals surface area contributed by atoms with Crippen molar-refractivity contribution in [2.24, 2.45) is 0 Å². The van der Waals surface area contributed by atoms with Crippen LogP contribution < -0.4 is 18.9 Å². The molecule has 0 saturated carbocycles. The molecule has 32 heteroatoms. The van der Waals surface area contributed by atoms with Crippen LogP contribution in [0, 0.1) is 107 Å². The fourth-order valence-corrected chi connectivity index (χ4v) is 11.7. The molecule has 0 N–H and O–H groups in total. The van der Waals surface area contributed by atoms with Crippen molar-refractivity contribution < 1.29 is 142 Å². The summed E-state index contributed by atoms with van der Waals surface area (Å²) in [4.78, 5) is 0. The quantitative estimate of drug-likeness (QED) is 0.0563. The summed E-state index contributed by atoms with van der Waals surface area (Å²) in [7, 11) is 0. The van der Waals surface area contributed by atoms with E-state index in [4.69, 9.17) is 18.9 Å². The van der Waals surface area contributed by atoms with E-state index in [9.17, 15) is 26.3 Å². The van der Waals surface area contributed by atoms with E-state index in [1.54, 1.807) is 0 Å². The fraction of sp³-hybridized carbons (Fsp3) is 0.284. The van der Waals surface area contributed by atoms with Gasteiger partial charge in [-0.2, -0.15) is 79.0 Å². The van der Waals surface area contributed by atoms with Crippen LogP contribution in [0.5, 0.6) is 34.5 Å². The summed E-state index contributed by atoms with van der Waals surface area (Å²) in [6, 6.07) is 3.92. The van der Waals surface area contributed by atoms with Crippen LogP contribution in [0.4, 0.5) is 123 Å². The number of hydrogen-bond acceptors (Lipinski definition) is 4. The monoisotopic (exact) mass is 1440 g/mol. The third kappa shape index (κ3) is 12.3. The maximum Gasteiger partial charge on any atom is 0.411 e. The first-order chi connectivity index (χ1) is 45.9. The number of halogens is 28. The zero-order chi connectivity index (χ0) is 74.2. The summed E-state index contributed by atoms with van der Waals surface area (Å²) >= 11 is 0. The smallest absolute Gasteiger partial charge is 0.411 e. The molecule has 0 saturated heterocycles. The molecule has 0 aliphatic carbocycles. The molecule has 1 unspecified atom stereocenters. The Hall–Kier alpha value is -9.00. The molecule has 0 spiro atoms. The molecule has 532 valence electrons. The average molecular weight is 1450 g/mol. The van der Waals surface area contributed by atoms with Crippen LogP contribution in [-0.2, 0) is 22.0 Å². The van der Waals surface area contributed by atoms with Gasteiger partial charge in [0.2, 0.25) is 57.2 Å². The maximum absolute atomic E-state index is 16.3. The molecule has 0 bridgehead atoms. The zero-order valence-corrected chi connectivity index (χ0v) is 51.0. The second-order valence-corrected chi connectivity index (χ2v) is 22.2. The van der Waals surface area contributed by atoms with Crippen LogP contribution in [0.15, 0.2) is 97.1 Å². The van der Waals surface area contributed by atoms with Crippen LogP contribution in [0.2, 0.25) is 0 Å². The summed E-state index contributed by atoms with van der Waals surface area (Å²) in [5.74, 6) is -47.6. The standard InChI is InChI=1S/C67H44F28O4/c1-7-27-61(10-4,30-11-13-31(14-12-30)62(64(84,85)86,65(87,88)89)32-15-21-35(22-16-32)96-57-51(78)43(70)29(6)44(71)52(57)79)99-59-55(82)47(74)39(48(75)56(59)83)38-45(72)53(80)58(54(81)46(38)73)97-36-23-17-33(18-24-36)63(66(90,91)92,67(93,94)95)34-19-25-37(26-20-34)98-60(8-2,9-3)40-49(76)41(68)28(5)42(69)50(40)77/h11-26H,7-10,27H2,1-6H3. The van der Waals surface area contributed by atoms with Gasteiger partial charge < -0.3 is 18.9 Å². The Balaban J connectivity index is 1.11. The predicted octanol–water partition coefficient (Wildman–Crippen LogP) is 23.2. The summed E-state index contributed by atoms with van der Waals surface area (Å²) in [6.45, 7) is 6.19. The summed E-state index contributed by atoms with van der Waals surface area (Å²) < 4.78 is 449. The van der Waals surface area contributed by atoms with Gasteiger partial charge in [0.1, 0.15) is 28.5 Å². The Labute approximate surface area is 541 Å². The highest BCUT2D eigenvalue weighted by Crippen LogP contribution is 2.59. The second kappa shape index (κ2) is 26.9. The molecule has 8 aromatic carbocycles.